The monoisotopic (exact) mass is 197 g/mol. The highest BCUT2D eigenvalue weighted by molar-refractivity contribution is 5.66. The molecule has 0 aliphatic heterocycles. The van der Waals surface area contributed by atoms with Crippen molar-refractivity contribution in [2.24, 2.45) is 0 Å². The zero-order valence-electron chi connectivity index (χ0n) is 8.70. The van der Waals surface area contributed by atoms with E-state index in [4.69, 9.17) is 0 Å². The molecule has 1 aromatic heterocycles. The van der Waals surface area contributed by atoms with Crippen molar-refractivity contribution in [1.82, 2.24) is 15.1 Å². The van der Waals surface area contributed by atoms with Crippen LogP contribution in [0, 0.1) is 13.8 Å². The molecule has 1 heterocycles. The van der Waals surface area contributed by atoms with Crippen LogP contribution in [0.3, 0.4) is 0 Å². The highest BCUT2D eigenvalue weighted by atomic mass is 16.5. The zero-order chi connectivity index (χ0) is 10.6. The van der Waals surface area contributed by atoms with E-state index in [1.165, 1.54) is 7.11 Å². The third-order valence-corrected chi connectivity index (χ3v) is 1.88. The molecule has 1 amide bonds. The van der Waals surface area contributed by atoms with Crippen LogP contribution in [0.5, 0.6) is 0 Å². The molecule has 0 fully saturated rings. The maximum Gasteiger partial charge on any atom is 0.406 e. The van der Waals surface area contributed by atoms with E-state index < -0.39 is 6.09 Å². The van der Waals surface area contributed by atoms with Crippen LogP contribution in [-0.4, -0.2) is 29.5 Å². The average molecular weight is 197 g/mol. The molecular weight excluding hydrogens is 182 g/mol. The maximum absolute atomic E-state index is 10.7. The van der Waals surface area contributed by atoms with Crippen LogP contribution in [0.2, 0.25) is 0 Å². The topological polar surface area (TPSA) is 56.1 Å². The Morgan fingerprint density at radius 3 is 2.86 bits per heavy atom. The minimum Gasteiger partial charge on any atom is -0.453 e. The second kappa shape index (κ2) is 4.64. The van der Waals surface area contributed by atoms with Crippen molar-refractivity contribution in [3.05, 3.63) is 17.5 Å². The largest absolute Gasteiger partial charge is 0.453 e. The molecule has 1 aromatic rings. The molecule has 0 spiro atoms. The minimum absolute atomic E-state index is 0.411. The summed E-state index contributed by atoms with van der Waals surface area (Å²) < 4.78 is 6.30. The highest BCUT2D eigenvalue weighted by Crippen LogP contribution is 2.00. The Labute approximate surface area is 83.1 Å². The van der Waals surface area contributed by atoms with Gasteiger partial charge in [-0.15, -0.1) is 0 Å². The lowest BCUT2D eigenvalue weighted by molar-refractivity contribution is 0.170. The van der Waals surface area contributed by atoms with Crippen LogP contribution in [0.1, 0.15) is 11.4 Å². The van der Waals surface area contributed by atoms with Crippen LogP contribution >= 0.6 is 0 Å². The number of ether oxygens (including phenoxy) is 1. The maximum atomic E-state index is 10.7. The van der Waals surface area contributed by atoms with Crippen LogP contribution in [-0.2, 0) is 11.3 Å². The van der Waals surface area contributed by atoms with Crippen molar-refractivity contribution < 1.29 is 9.53 Å². The van der Waals surface area contributed by atoms with Crippen LogP contribution in [0.15, 0.2) is 6.07 Å². The lowest BCUT2D eigenvalue weighted by atomic mass is 10.4. The van der Waals surface area contributed by atoms with E-state index in [0.29, 0.717) is 13.1 Å². The number of rotatable bonds is 3. The second-order valence-electron chi connectivity index (χ2n) is 3.07. The molecule has 0 saturated heterocycles. The number of alkyl carbamates (subject to hydrolysis) is 1. The first kappa shape index (κ1) is 10.6. The lowest BCUT2D eigenvalue weighted by Gasteiger charge is -2.05. The third kappa shape index (κ3) is 2.76. The van der Waals surface area contributed by atoms with Gasteiger partial charge in [-0.05, 0) is 19.9 Å². The summed E-state index contributed by atoms with van der Waals surface area (Å²) in [5.41, 5.74) is 2.08. The lowest BCUT2D eigenvalue weighted by Crippen LogP contribution is -2.27. The Kier molecular flexibility index (Phi) is 3.50. The molecule has 78 valence electrons. The summed E-state index contributed by atoms with van der Waals surface area (Å²) in [6.45, 7) is 5.11. The number of aryl methyl sites for hydroxylation is 2. The molecule has 5 heteroatoms. The first-order valence-corrected chi connectivity index (χ1v) is 4.46. The summed E-state index contributed by atoms with van der Waals surface area (Å²) >= 11 is 0. The number of methoxy groups -OCH3 is 1. The van der Waals surface area contributed by atoms with E-state index in [1.54, 1.807) is 0 Å². The van der Waals surface area contributed by atoms with E-state index in [2.05, 4.69) is 15.2 Å². The Balaban J connectivity index is 2.38. The van der Waals surface area contributed by atoms with E-state index in [-0.39, 0.29) is 0 Å². The molecule has 1 N–H and O–H groups in total. The SMILES string of the molecule is COC(=O)NCCn1nc(C)cc1C. The molecule has 0 unspecified atom stereocenters. The summed E-state index contributed by atoms with van der Waals surface area (Å²) in [5.74, 6) is 0. The van der Waals surface area contributed by atoms with Gasteiger partial charge in [0.25, 0.3) is 0 Å². The fourth-order valence-corrected chi connectivity index (χ4v) is 1.24. The van der Waals surface area contributed by atoms with E-state index >= 15 is 0 Å². The van der Waals surface area contributed by atoms with Gasteiger partial charge < -0.3 is 10.1 Å². The second-order valence-corrected chi connectivity index (χ2v) is 3.07. The Morgan fingerprint density at radius 2 is 2.36 bits per heavy atom. The first-order valence-electron chi connectivity index (χ1n) is 4.46. The standard InChI is InChI=1S/C9H15N3O2/c1-7-6-8(2)12(11-7)5-4-10-9(13)14-3/h6H,4-5H2,1-3H3,(H,10,13). The summed E-state index contributed by atoms with van der Waals surface area (Å²) in [5, 5.41) is 6.85. The molecule has 0 aliphatic rings. The van der Waals surface area contributed by atoms with Crippen LogP contribution < -0.4 is 5.32 Å². The van der Waals surface area contributed by atoms with Gasteiger partial charge in [0, 0.05) is 12.2 Å². The van der Waals surface area contributed by atoms with Crippen molar-refractivity contribution in [2.75, 3.05) is 13.7 Å². The predicted octanol–water partition coefficient (Wildman–Crippen LogP) is 0.856. The zero-order valence-corrected chi connectivity index (χ0v) is 8.70. The molecule has 0 aromatic carbocycles. The van der Waals surface area contributed by atoms with E-state index in [9.17, 15) is 4.79 Å². The molecule has 14 heavy (non-hydrogen) atoms. The number of carbonyl (C=O) groups is 1. The predicted molar refractivity (Wildman–Crippen MR) is 52.1 cm³/mol. The molecule has 1 rings (SSSR count). The quantitative estimate of drug-likeness (QED) is 0.781. The number of nitrogens with zero attached hydrogens (tertiary/aromatic N) is 2. The summed E-state index contributed by atoms with van der Waals surface area (Å²) in [7, 11) is 1.35. The van der Waals surface area contributed by atoms with Gasteiger partial charge in [0.15, 0.2) is 0 Å². The fraction of sp³-hybridized carbons (Fsp3) is 0.556. The van der Waals surface area contributed by atoms with Crippen molar-refractivity contribution in [2.45, 2.75) is 20.4 Å². The molecule has 5 nitrogen and oxygen atoms in total. The number of amides is 1. The summed E-state index contributed by atoms with van der Waals surface area (Å²) in [4.78, 5) is 10.7. The van der Waals surface area contributed by atoms with Gasteiger partial charge in [-0.25, -0.2) is 4.79 Å². The molecule has 0 radical (unpaired) electrons. The Hall–Kier alpha value is -1.52. The van der Waals surface area contributed by atoms with Gasteiger partial charge in [0.1, 0.15) is 0 Å². The average Bonchev–Trinajstić information content (AvgIpc) is 2.45. The number of hydrogen-bond acceptors (Lipinski definition) is 3. The molecule has 0 saturated carbocycles. The van der Waals surface area contributed by atoms with Gasteiger partial charge in [0.05, 0.1) is 19.3 Å². The minimum atomic E-state index is -0.411. The number of nitrogens with one attached hydrogen (secondary N) is 1. The smallest absolute Gasteiger partial charge is 0.406 e. The fourth-order valence-electron chi connectivity index (χ4n) is 1.24. The molecular formula is C9H15N3O2. The molecule has 0 atom stereocenters. The van der Waals surface area contributed by atoms with Gasteiger partial charge in [0.2, 0.25) is 0 Å². The highest BCUT2D eigenvalue weighted by Gasteiger charge is 2.01. The van der Waals surface area contributed by atoms with Gasteiger partial charge in [-0.3, -0.25) is 4.68 Å². The Bertz CT molecular complexity index is 320. The number of hydrogen-bond donors (Lipinski definition) is 1. The summed E-state index contributed by atoms with van der Waals surface area (Å²) in [6, 6.07) is 2.00. The van der Waals surface area contributed by atoms with Gasteiger partial charge >= 0.3 is 6.09 Å². The van der Waals surface area contributed by atoms with Crippen molar-refractivity contribution >= 4 is 6.09 Å². The van der Waals surface area contributed by atoms with E-state index in [0.717, 1.165) is 11.4 Å². The van der Waals surface area contributed by atoms with Crippen LogP contribution in [0.25, 0.3) is 0 Å². The van der Waals surface area contributed by atoms with Crippen molar-refractivity contribution in [3.8, 4) is 0 Å². The number of carbonyl (C=O) groups excluding carboxylic acids is 1. The molecule has 0 aliphatic carbocycles. The van der Waals surface area contributed by atoms with Crippen LogP contribution in [0.4, 0.5) is 4.79 Å². The number of aromatic nitrogens is 2. The first-order chi connectivity index (χ1) is 6.63. The van der Waals surface area contributed by atoms with Crippen molar-refractivity contribution in [1.29, 1.82) is 0 Å². The molecule has 0 bridgehead atoms. The normalized spacial score (nSPS) is 9.93. The van der Waals surface area contributed by atoms with Crippen molar-refractivity contribution in [3.63, 3.8) is 0 Å². The Morgan fingerprint density at radius 1 is 1.64 bits per heavy atom. The summed E-state index contributed by atoms with van der Waals surface area (Å²) in [6.07, 6.45) is -0.411. The third-order valence-electron chi connectivity index (χ3n) is 1.88. The van der Waals surface area contributed by atoms with E-state index in [1.807, 2.05) is 24.6 Å². The van der Waals surface area contributed by atoms with Gasteiger partial charge in [-0.2, -0.15) is 5.10 Å². The van der Waals surface area contributed by atoms with Gasteiger partial charge in [-0.1, -0.05) is 0 Å².